The van der Waals surface area contributed by atoms with E-state index < -0.39 is 0 Å². The number of aromatic nitrogens is 3. The van der Waals surface area contributed by atoms with Crippen LogP contribution in [0.3, 0.4) is 0 Å². The highest BCUT2D eigenvalue weighted by molar-refractivity contribution is 7.99. The molecule has 3 N–H and O–H groups in total. The Bertz CT molecular complexity index is 579. The first-order valence-electron chi connectivity index (χ1n) is 5.47. The van der Waals surface area contributed by atoms with Crippen LogP contribution in [0.25, 0.3) is 0 Å². The molecule has 1 heterocycles. The number of Topliss-reactive ketones (excluding diaryl/α,β-unsaturated/α-hetero) is 1. The molecule has 18 heavy (non-hydrogen) atoms. The summed E-state index contributed by atoms with van der Waals surface area (Å²) in [6, 6.07) is 5.80. The molecule has 0 fully saturated rings. The molecule has 0 spiro atoms. The number of hydrogen-bond donors (Lipinski definition) is 2. The number of nitrogen functional groups attached to an aromatic ring is 1. The van der Waals surface area contributed by atoms with Gasteiger partial charge in [-0.1, -0.05) is 35.5 Å². The fourth-order valence-electron chi connectivity index (χ4n) is 1.66. The van der Waals surface area contributed by atoms with Crippen molar-refractivity contribution in [1.82, 2.24) is 15.2 Å². The van der Waals surface area contributed by atoms with E-state index in [9.17, 15) is 4.79 Å². The zero-order valence-electron chi connectivity index (χ0n) is 10.2. The van der Waals surface area contributed by atoms with E-state index in [1.165, 1.54) is 11.8 Å². The van der Waals surface area contributed by atoms with Crippen molar-refractivity contribution in [3.63, 3.8) is 0 Å². The summed E-state index contributed by atoms with van der Waals surface area (Å²) in [5.41, 5.74) is 8.30. The van der Waals surface area contributed by atoms with E-state index in [2.05, 4.69) is 15.2 Å². The highest BCUT2D eigenvalue weighted by Gasteiger charge is 2.11. The van der Waals surface area contributed by atoms with E-state index in [0.717, 1.165) is 16.7 Å². The summed E-state index contributed by atoms with van der Waals surface area (Å²) in [7, 11) is 0. The number of carbonyl (C=O) groups is 1. The number of nitrogens with one attached hydrogen (secondary N) is 1. The van der Waals surface area contributed by atoms with Crippen LogP contribution in [-0.4, -0.2) is 26.7 Å². The summed E-state index contributed by atoms with van der Waals surface area (Å²) in [4.78, 5) is 16.0. The van der Waals surface area contributed by atoms with Crippen molar-refractivity contribution in [2.75, 3.05) is 11.5 Å². The van der Waals surface area contributed by atoms with E-state index in [-0.39, 0.29) is 11.7 Å². The quantitative estimate of drug-likeness (QED) is 0.650. The second-order valence-corrected chi connectivity index (χ2v) is 4.98. The van der Waals surface area contributed by atoms with E-state index in [4.69, 9.17) is 5.73 Å². The van der Waals surface area contributed by atoms with E-state index in [1.807, 2.05) is 32.0 Å². The molecular weight excluding hydrogens is 248 g/mol. The normalized spacial score (nSPS) is 10.6. The maximum atomic E-state index is 12.0. The SMILES string of the molecule is Cc1ccc(C(=O)CSc2n[nH]c(N)n2)c(C)c1. The molecule has 0 aliphatic carbocycles. The number of anilines is 1. The number of H-pyrrole nitrogens is 1. The molecule has 0 radical (unpaired) electrons. The lowest BCUT2D eigenvalue weighted by Crippen LogP contribution is -2.05. The molecule has 5 nitrogen and oxygen atoms in total. The number of nitrogens with two attached hydrogens (primary N) is 1. The maximum absolute atomic E-state index is 12.0. The van der Waals surface area contributed by atoms with Crippen molar-refractivity contribution < 1.29 is 4.79 Å². The van der Waals surface area contributed by atoms with E-state index in [0.29, 0.717) is 10.9 Å². The second-order valence-electron chi connectivity index (χ2n) is 4.03. The zero-order valence-corrected chi connectivity index (χ0v) is 11.0. The number of ketones is 1. The molecule has 1 aromatic carbocycles. The molecule has 94 valence electrons. The Morgan fingerprint density at radius 3 is 2.83 bits per heavy atom. The summed E-state index contributed by atoms with van der Waals surface area (Å²) in [5, 5.41) is 6.89. The number of carbonyl (C=O) groups excluding carboxylic acids is 1. The van der Waals surface area contributed by atoms with Gasteiger partial charge in [0.25, 0.3) is 0 Å². The average molecular weight is 262 g/mol. The average Bonchev–Trinajstić information content (AvgIpc) is 2.72. The predicted octanol–water partition coefficient (Wildman–Crippen LogP) is 1.98. The predicted molar refractivity (Wildman–Crippen MR) is 71.8 cm³/mol. The highest BCUT2D eigenvalue weighted by Crippen LogP contribution is 2.17. The molecule has 0 saturated carbocycles. The Balaban J connectivity index is 2.03. The largest absolute Gasteiger partial charge is 0.368 e. The lowest BCUT2D eigenvalue weighted by atomic mass is 10.0. The van der Waals surface area contributed by atoms with Crippen molar-refractivity contribution in [3.8, 4) is 0 Å². The first-order valence-corrected chi connectivity index (χ1v) is 6.46. The number of hydrogen-bond acceptors (Lipinski definition) is 5. The van der Waals surface area contributed by atoms with Crippen LogP contribution < -0.4 is 5.73 Å². The van der Waals surface area contributed by atoms with Gasteiger partial charge in [-0.15, -0.1) is 5.10 Å². The van der Waals surface area contributed by atoms with Gasteiger partial charge in [-0.3, -0.25) is 4.79 Å². The summed E-state index contributed by atoms with van der Waals surface area (Å²) in [6.07, 6.45) is 0. The topological polar surface area (TPSA) is 84.7 Å². The van der Waals surface area contributed by atoms with Crippen molar-refractivity contribution in [2.45, 2.75) is 19.0 Å². The van der Waals surface area contributed by atoms with Crippen molar-refractivity contribution in [2.24, 2.45) is 0 Å². The standard InChI is InChI=1S/C12H14N4OS/c1-7-3-4-9(8(2)5-7)10(17)6-18-12-14-11(13)15-16-12/h3-5H,6H2,1-2H3,(H3,13,14,15,16). The summed E-state index contributed by atoms with van der Waals surface area (Å²) >= 11 is 1.27. The van der Waals surface area contributed by atoms with Crippen LogP contribution in [0.15, 0.2) is 23.4 Å². The Labute approximate surface area is 109 Å². The van der Waals surface area contributed by atoms with E-state index in [1.54, 1.807) is 0 Å². The van der Waals surface area contributed by atoms with Gasteiger partial charge in [-0.25, -0.2) is 5.10 Å². The van der Waals surface area contributed by atoms with Gasteiger partial charge in [0, 0.05) is 5.56 Å². The minimum atomic E-state index is 0.0703. The molecule has 2 aromatic rings. The first-order chi connectivity index (χ1) is 8.56. The summed E-state index contributed by atoms with van der Waals surface area (Å²) in [5.74, 6) is 0.638. The van der Waals surface area contributed by atoms with Crippen molar-refractivity contribution in [3.05, 3.63) is 34.9 Å². The number of aromatic amines is 1. The Kier molecular flexibility index (Phi) is 3.66. The van der Waals surface area contributed by atoms with Gasteiger partial charge < -0.3 is 5.73 Å². The van der Waals surface area contributed by atoms with E-state index >= 15 is 0 Å². The molecule has 0 unspecified atom stereocenters. The van der Waals surface area contributed by atoms with Crippen LogP contribution in [0.5, 0.6) is 0 Å². The third-order valence-electron chi connectivity index (χ3n) is 2.50. The molecule has 0 saturated heterocycles. The van der Waals surface area contributed by atoms with Crippen LogP contribution >= 0.6 is 11.8 Å². The van der Waals surface area contributed by atoms with Crippen molar-refractivity contribution >= 4 is 23.5 Å². The Hall–Kier alpha value is -1.82. The molecule has 0 bridgehead atoms. The van der Waals surface area contributed by atoms with Crippen LogP contribution in [0.2, 0.25) is 0 Å². The number of nitrogens with zero attached hydrogens (tertiary/aromatic N) is 2. The van der Waals surface area contributed by atoms with Gasteiger partial charge in [-0.05, 0) is 19.4 Å². The Morgan fingerprint density at radius 2 is 2.22 bits per heavy atom. The molecular formula is C12H14N4OS. The molecule has 0 amide bonds. The van der Waals surface area contributed by atoms with Gasteiger partial charge in [-0.2, -0.15) is 4.98 Å². The maximum Gasteiger partial charge on any atom is 0.216 e. The number of thioether (sulfide) groups is 1. The number of aryl methyl sites for hydroxylation is 2. The monoisotopic (exact) mass is 262 g/mol. The van der Waals surface area contributed by atoms with Crippen LogP contribution in [0, 0.1) is 13.8 Å². The van der Waals surface area contributed by atoms with Gasteiger partial charge in [0.1, 0.15) is 0 Å². The smallest absolute Gasteiger partial charge is 0.216 e. The minimum absolute atomic E-state index is 0.0703. The molecule has 2 rings (SSSR count). The minimum Gasteiger partial charge on any atom is -0.368 e. The fraction of sp³-hybridized carbons (Fsp3) is 0.250. The van der Waals surface area contributed by atoms with Crippen LogP contribution in [0.1, 0.15) is 21.5 Å². The lowest BCUT2D eigenvalue weighted by molar-refractivity contribution is 0.102. The summed E-state index contributed by atoms with van der Waals surface area (Å²) < 4.78 is 0. The van der Waals surface area contributed by atoms with Gasteiger partial charge in [0.15, 0.2) is 5.78 Å². The highest BCUT2D eigenvalue weighted by atomic mass is 32.2. The second kappa shape index (κ2) is 5.22. The Morgan fingerprint density at radius 1 is 1.44 bits per heavy atom. The molecule has 1 aromatic heterocycles. The third kappa shape index (κ3) is 2.89. The van der Waals surface area contributed by atoms with Crippen LogP contribution in [0.4, 0.5) is 5.95 Å². The first kappa shape index (κ1) is 12.6. The number of benzene rings is 1. The molecule has 0 aliphatic rings. The lowest BCUT2D eigenvalue weighted by Gasteiger charge is -2.04. The number of rotatable bonds is 4. The third-order valence-corrected chi connectivity index (χ3v) is 3.34. The van der Waals surface area contributed by atoms with Gasteiger partial charge in [0.05, 0.1) is 5.75 Å². The fourth-order valence-corrected chi connectivity index (χ4v) is 2.35. The van der Waals surface area contributed by atoms with Gasteiger partial charge in [0.2, 0.25) is 11.1 Å². The summed E-state index contributed by atoms with van der Waals surface area (Å²) in [6.45, 7) is 3.95. The van der Waals surface area contributed by atoms with Crippen molar-refractivity contribution in [1.29, 1.82) is 0 Å². The van der Waals surface area contributed by atoms with Crippen LogP contribution in [-0.2, 0) is 0 Å². The molecule has 6 heteroatoms. The molecule has 0 atom stereocenters. The van der Waals surface area contributed by atoms with Gasteiger partial charge >= 0.3 is 0 Å². The molecule has 0 aliphatic heterocycles. The zero-order chi connectivity index (χ0) is 13.1.